The van der Waals surface area contributed by atoms with Crippen molar-refractivity contribution in [2.45, 2.75) is 43.4 Å². The Morgan fingerprint density at radius 1 is 1.00 bits per heavy atom. The van der Waals surface area contributed by atoms with E-state index < -0.39 is 76.2 Å². The number of halogens is 7. The van der Waals surface area contributed by atoms with Gasteiger partial charge in [0.2, 0.25) is 0 Å². The molecule has 0 N–H and O–H groups in total. The Kier molecular flexibility index (Phi) is 8.78. The highest BCUT2D eigenvalue weighted by molar-refractivity contribution is 7.86. The highest BCUT2D eigenvalue weighted by Crippen LogP contribution is 2.42. The first kappa shape index (κ1) is 28.7. The predicted octanol–water partition coefficient (Wildman–Crippen LogP) is 1.68. The van der Waals surface area contributed by atoms with Gasteiger partial charge >= 0.3 is 35.1 Å². The number of carbonyl (C=O) groups is 3. The van der Waals surface area contributed by atoms with Crippen LogP contribution in [-0.2, 0) is 38.7 Å². The molecule has 0 radical (unpaired) electrons. The molecule has 9 nitrogen and oxygen atoms in total. The van der Waals surface area contributed by atoms with Crippen molar-refractivity contribution in [2.24, 2.45) is 0 Å². The van der Waals surface area contributed by atoms with E-state index in [0.29, 0.717) is 0 Å². The van der Waals surface area contributed by atoms with E-state index in [-0.39, 0.29) is 0 Å². The Labute approximate surface area is 169 Å². The smallest absolute Gasteiger partial charge is 0.468 e. The normalized spacial score (nSPS) is 15.0. The lowest BCUT2D eigenvalue weighted by atomic mass is 10.2. The van der Waals surface area contributed by atoms with Gasteiger partial charge < -0.3 is 18.8 Å². The zero-order valence-corrected chi connectivity index (χ0v) is 16.4. The van der Waals surface area contributed by atoms with Crippen LogP contribution in [0.4, 0.5) is 30.7 Å². The van der Waals surface area contributed by atoms with Crippen molar-refractivity contribution in [1.29, 1.82) is 0 Å². The lowest BCUT2D eigenvalue weighted by Crippen LogP contribution is -2.59. The quantitative estimate of drug-likeness (QED) is 0.139. The lowest BCUT2D eigenvalue weighted by molar-refractivity contribution is -0.356. The molecule has 0 aromatic carbocycles. The Bertz CT molecular complexity index is 836. The van der Waals surface area contributed by atoms with E-state index in [9.17, 15) is 58.1 Å². The van der Waals surface area contributed by atoms with Gasteiger partial charge in [0.15, 0.2) is 15.9 Å². The number of rotatable bonds is 11. The highest BCUT2D eigenvalue weighted by Gasteiger charge is 2.68. The molecule has 0 amide bonds. The van der Waals surface area contributed by atoms with Crippen LogP contribution in [0.1, 0.15) is 20.3 Å². The number of ether oxygens (including phenoxy) is 3. The zero-order valence-electron chi connectivity index (χ0n) is 15.6. The van der Waals surface area contributed by atoms with Crippen LogP contribution in [0.25, 0.3) is 0 Å². The molecule has 1 unspecified atom stereocenters. The van der Waals surface area contributed by atoms with Gasteiger partial charge in [-0.25, -0.2) is 18.0 Å². The first-order valence-electron chi connectivity index (χ1n) is 7.59. The van der Waals surface area contributed by atoms with Crippen molar-refractivity contribution in [3.8, 4) is 0 Å². The summed E-state index contributed by atoms with van der Waals surface area (Å²) in [6.07, 6.45) is -8.63. The first-order valence-corrected chi connectivity index (χ1v) is 9.00. The Morgan fingerprint density at radius 2 is 1.48 bits per heavy atom. The van der Waals surface area contributed by atoms with E-state index in [1.165, 1.54) is 0 Å². The maximum absolute atomic E-state index is 13.5. The fourth-order valence-corrected chi connectivity index (χ4v) is 1.98. The van der Waals surface area contributed by atoms with Crippen LogP contribution >= 0.6 is 0 Å². The van der Waals surface area contributed by atoms with Crippen molar-refractivity contribution in [3.05, 3.63) is 12.2 Å². The topological polar surface area (TPSA) is 136 Å². The number of hydrogen-bond donors (Lipinski definition) is 0. The van der Waals surface area contributed by atoms with Crippen molar-refractivity contribution < 1.29 is 72.3 Å². The first-order chi connectivity index (χ1) is 13.6. The van der Waals surface area contributed by atoms with Crippen LogP contribution in [-0.4, -0.2) is 67.0 Å². The molecule has 0 bridgehead atoms. The molecule has 0 aliphatic carbocycles. The van der Waals surface area contributed by atoms with Gasteiger partial charge in [-0.15, -0.1) is 0 Å². The van der Waals surface area contributed by atoms with Gasteiger partial charge in [0.05, 0.1) is 6.61 Å². The second-order valence-electron chi connectivity index (χ2n) is 5.84. The summed E-state index contributed by atoms with van der Waals surface area (Å²) < 4.78 is 136. The Morgan fingerprint density at radius 3 is 1.84 bits per heavy atom. The van der Waals surface area contributed by atoms with Crippen molar-refractivity contribution in [3.63, 3.8) is 0 Å². The summed E-state index contributed by atoms with van der Waals surface area (Å²) >= 11 is 0. The van der Waals surface area contributed by atoms with E-state index in [2.05, 4.69) is 20.8 Å². The minimum atomic E-state index is -6.96. The summed E-state index contributed by atoms with van der Waals surface area (Å²) in [5.41, 5.74) is -0.758. The van der Waals surface area contributed by atoms with E-state index in [0.717, 1.165) is 13.8 Å². The Balaban J connectivity index is 6.05. The maximum Gasteiger partial charge on any atom is 0.468 e. The number of Topliss-reactive ketones (excluding diaryl/α,β-unsaturated/α-hetero) is 1. The molecule has 0 saturated carbocycles. The third-order valence-corrected chi connectivity index (χ3v) is 4.02. The molecule has 0 rings (SSSR count). The molecule has 0 aromatic rings. The summed E-state index contributed by atoms with van der Waals surface area (Å²) in [5.74, 6) is -16.2. The van der Waals surface area contributed by atoms with Gasteiger partial charge in [0.25, 0.3) is 0 Å². The highest BCUT2D eigenvalue weighted by atomic mass is 32.2. The fraction of sp³-hybridized carbons (Fsp3) is 0.643. The van der Waals surface area contributed by atoms with Crippen LogP contribution < -0.4 is 0 Å². The maximum atomic E-state index is 13.5. The molecule has 0 saturated heterocycles. The SMILES string of the molecule is C=C(C)C(=O)OC(OCCC(F)(F)C(F)(F)S(=O)(=O)[O-])(C(=O)OCC(C)=O)C(F)(F)F. The molecule has 0 spiro atoms. The Hall–Kier alpha value is -2.27. The van der Waals surface area contributed by atoms with Gasteiger partial charge in [-0.2, -0.15) is 30.7 Å². The third kappa shape index (κ3) is 6.60. The summed E-state index contributed by atoms with van der Waals surface area (Å²) in [5, 5.41) is -6.26. The number of hydrogen-bond acceptors (Lipinski definition) is 9. The second-order valence-corrected chi connectivity index (χ2v) is 7.26. The third-order valence-electron chi connectivity index (χ3n) is 3.09. The van der Waals surface area contributed by atoms with E-state index >= 15 is 0 Å². The monoisotopic (exact) mass is 491 g/mol. The number of carbonyl (C=O) groups excluding carboxylic acids is 3. The number of alkyl halides is 7. The van der Waals surface area contributed by atoms with Crippen molar-refractivity contribution in [1.82, 2.24) is 0 Å². The number of esters is 2. The summed E-state index contributed by atoms with van der Waals surface area (Å²) in [6.45, 7) is 0.962. The van der Waals surface area contributed by atoms with Gasteiger partial charge in [0, 0.05) is 12.0 Å². The summed E-state index contributed by atoms with van der Waals surface area (Å²) in [4.78, 5) is 34.2. The van der Waals surface area contributed by atoms with Crippen LogP contribution in [0.2, 0.25) is 0 Å². The van der Waals surface area contributed by atoms with E-state index in [4.69, 9.17) is 0 Å². The molecule has 0 heterocycles. The van der Waals surface area contributed by atoms with Crippen molar-refractivity contribution >= 4 is 27.8 Å². The number of ketones is 1. The zero-order chi connectivity index (χ0) is 25.1. The predicted molar refractivity (Wildman–Crippen MR) is 81.5 cm³/mol. The lowest BCUT2D eigenvalue weighted by Gasteiger charge is -2.33. The molecule has 180 valence electrons. The van der Waals surface area contributed by atoms with Gasteiger partial charge in [-0.3, -0.25) is 4.79 Å². The van der Waals surface area contributed by atoms with Crippen LogP contribution in [0, 0.1) is 0 Å². The van der Waals surface area contributed by atoms with Gasteiger partial charge in [-0.1, -0.05) is 6.58 Å². The molecule has 17 heteroatoms. The van der Waals surface area contributed by atoms with E-state index in [1.807, 2.05) is 0 Å². The summed E-state index contributed by atoms with van der Waals surface area (Å²) in [6, 6.07) is 0. The van der Waals surface area contributed by atoms with E-state index in [1.54, 1.807) is 0 Å². The minimum Gasteiger partial charge on any atom is -0.743 e. The van der Waals surface area contributed by atoms with Crippen LogP contribution in [0.3, 0.4) is 0 Å². The molecule has 1 atom stereocenters. The molecule has 31 heavy (non-hydrogen) atoms. The van der Waals surface area contributed by atoms with Crippen molar-refractivity contribution in [2.75, 3.05) is 13.2 Å². The van der Waals surface area contributed by atoms with Crippen LogP contribution in [0.15, 0.2) is 12.2 Å². The largest absolute Gasteiger partial charge is 0.743 e. The average molecular weight is 491 g/mol. The molecule has 0 aromatic heterocycles. The minimum absolute atomic E-state index is 0.758. The standard InChI is InChI=1S/C14H15F7O9S/c1-7(2)9(23)30-12(13(17,18)19,10(24)28-6-8(3)22)29-5-4-11(15,16)14(20,21)31(25,26)27/h1,4-6H2,2-3H3,(H,25,26,27)/p-1. The second kappa shape index (κ2) is 9.47. The fourth-order valence-electron chi connectivity index (χ4n) is 1.52. The van der Waals surface area contributed by atoms with Crippen LogP contribution in [0.5, 0.6) is 0 Å². The molecule has 0 aliphatic rings. The molecular weight excluding hydrogens is 477 g/mol. The average Bonchev–Trinajstić information content (AvgIpc) is 2.55. The van der Waals surface area contributed by atoms with Gasteiger partial charge in [-0.05, 0) is 13.8 Å². The molecular formula is C14H14F7O9S-. The molecule has 0 aliphatic heterocycles. The molecule has 0 fully saturated rings. The summed E-state index contributed by atoms with van der Waals surface area (Å²) in [7, 11) is -6.96. The van der Waals surface area contributed by atoms with Gasteiger partial charge in [0.1, 0.15) is 6.61 Å².